The smallest absolute Gasteiger partial charge is 0.123 e. The van der Waals surface area contributed by atoms with E-state index in [1.54, 1.807) is 36.4 Å². The molecule has 6 heterocycles. The second-order valence-corrected chi connectivity index (χ2v) is 34.5. The van der Waals surface area contributed by atoms with Gasteiger partial charge in [-0.15, -0.1) is 6.58 Å². The van der Waals surface area contributed by atoms with Crippen LogP contribution in [-0.2, 0) is 58.3 Å². The molecule has 13 heteroatoms. The van der Waals surface area contributed by atoms with E-state index in [9.17, 15) is 13.2 Å². The van der Waals surface area contributed by atoms with Gasteiger partial charge in [0.2, 0.25) is 0 Å². The summed E-state index contributed by atoms with van der Waals surface area (Å²) in [4.78, 5) is 14.8. The Labute approximate surface area is 742 Å². The summed E-state index contributed by atoms with van der Waals surface area (Å²) >= 11 is 3.53. The fraction of sp³-hybridized carbons (Fsp3) is 0.297. The highest BCUT2D eigenvalue weighted by Gasteiger charge is 2.32. The minimum atomic E-state index is -0.208. The van der Waals surface area contributed by atoms with Crippen LogP contribution in [0.25, 0.3) is 12.2 Å². The lowest BCUT2D eigenvalue weighted by Gasteiger charge is -2.39. The van der Waals surface area contributed by atoms with Gasteiger partial charge in [-0.05, 0) is 316 Å². The summed E-state index contributed by atoms with van der Waals surface area (Å²) in [5.41, 5.74) is 20.9. The number of hydrogen-bond acceptors (Lipinski definition) is 9. The average Bonchev–Trinajstić information content (AvgIpc) is 0.786. The molecule has 12 aromatic carbocycles. The number of fused-ring (bicyclic) bond motifs is 3. The third kappa shape index (κ3) is 25.5. The molecule has 3 unspecified atom stereocenters. The molecule has 0 saturated carbocycles. The zero-order valence-electron chi connectivity index (χ0n) is 71.7. The molecule has 0 aliphatic carbocycles. The Morgan fingerprint density at radius 3 is 0.895 bits per heavy atom. The number of nitrogens with zero attached hydrogens (tertiary/aromatic N) is 6. The van der Waals surface area contributed by atoms with Crippen molar-refractivity contribution in [1.29, 1.82) is 0 Å². The van der Waals surface area contributed by atoms with Crippen LogP contribution in [0.5, 0.6) is 17.2 Å². The first kappa shape index (κ1) is 87.7. The Kier molecular flexibility index (Phi) is 32.1. The maximum Gasteiger partial charge on any atom is 0.123 e. The molecule has 0 radical (unpaired) electrons. The van der Waals surface area contributed by atoms with Gasteiger partial charge >= 0.3 is 0 Å². The van der Waals surface area contributed by atoms with E-state index in [0.29, 0.717) is 19.8 Å². The molecule has 3 atom stereocenters. The molecular weight excluding hydrogens is 1600 g/mol. The fourth-order valence-electron chi connectivity index (χ4n) is 18.1. The SMILES string of the molecule is C=CCN1CCCCC1.Fc1ccc(N2CCc3cc(OCc4ccccc4)ccc3C2Cc2ccc(/C=C/CN3CCCCC3)cc2)cc1.Fc1ccc(N2CCc3cc(OCc4ccccc4)ccc3C2Cc2ccc(/C=C/CN3CCCCC3)cc2)cc1.Fc1ccc(N2CCc3cc(OCc4ccccc4)ccc3C2Cc2ccc(Br)cc2)cc1. The van der Waals surface area contributed by atoms with Crippen molar-refractivity contribution in [2.24, 2.45) is 0 Å². The number of piperidine rings is 3. The number of anilines is 3. The van der Waals surface area contributed by atoms with Crippen LogP contribution in [0.3, 0.4) is 0 Å². The lowest BCUT2D eigenvalue weighted by molar-refractivity contribution is 0.251. The Bertz CT molecular complexity index is 5090. The summed E-state index contributed by atoms with van der Waals surface area (Å²) < 4.78 is 60.6. The number of rotatable bonds is 26. The molecule has 0 spiro atoms. The van der Waals surface area contributed by atoms with Crippen LogP contribution in [0.2, 0.25) is 0 Å². The summed E-state index contributed by atoms with van der Waals surface area (Å²) in [6, 6.07) is 98.0. The van der Waals surface area contributed by atoms with Crippen molar-refractivity contribution in [1.82, 2.24) is 14.7 Å². The standard InChI is InChI=1S/2C37H39FN2O.C29H25BrFNO.C8H15N/c2*38-33-15-17-34(18-16-33)40-25-21-32-27-35(41-28-31-8-3-1-4-9-31)19-20-36(32)37(40)26-30-13-11-29(12-14-30)10-7-24-39-22-5-2-6-23-39;30-24-8-6-21(7-9-24)18-29-28-15-14-27(33-20-22-4-2-1-3-5-22)19-23(28)16-17-32(29)26-12-10-25(31)11-13-26;1-2-6-9-7-4-3-5-8-9/h2*1,3-4,7-20,27,37H,2,5-6,21-26,28H2;1-15,19,29H,16-18,20H2;2H,1,3-8H2/b2*10-7+;;. The van der Waals surface area contributed by atoms with Gasteiger partial charge in [0.1, 0.15) is 54.5 Å². The topological polar surface area (TPSA) is 47.1 Å². The van der Waals surface area contributed by atoms with E-state index in [4.69, 9.17) is 14.2 Å². The van der Waals surface area contributed by atoms with Gasteiger partial charge < -0.3 is 28.9 Å². The highest BCUT2D eigenvalue weighted by atomic mass is 79.9. The number of benzene rings is 12. The van der Waals surface area contributed by atoms with Crippen LogP contribution in [0.15, 0.2) is 320 Å². The number of halogens is 4. The van der Waals surface area contributed by atoms with Gasteiger partial charge in [-0.25, -0.2) is 13.2 Å². The average molecular weight is 1720 g/mol. The van der Waals surface area contributed by atoms with Crippen LogP contribution < -0.4 is 28.9 Å². The van der Waals surface area contributed by atoms with E-state index in [2.05, 4.69) is 240 Å². The highest BCUT2D eigenvalue weighted by molar-refractivity contribution is 9.10. The Hall–Kier alpha value is -11.2. The molecule has 0 aromatic heterocycles. The molecule has 124 heavy (non-hydrogen) atoms. The molecule has 12 aromatic rings. The van der Waals surface area contributed by atoms with Gasteiger partial charge in [0.15, 0.2) is 0 Å². The van der Waals surface area contributed by atoms with Gasteiger partial charge in [-0.3, -0.25) is 14.7 Å². The lowest BCUT2D eigenvalue weighted by atomic mass is 9.88. The number of likely N-dealkylation sites (tertiary alicyclic amines) is 3. The van der Waals surface area contributed by atoms with Crippen LogP contribution in [0, 0.1) is 17.5 Å². The minimum Gasteiger partial charge on any atom is -0.489 e. The predicted molar refractivity (Wildman–Crippen MR) is 509 cm³/mol. The molecule has 6 aliphatic heterocycles. The summed E-state index contributed by atoms with van der Waals surface area (Å²) in [6.07, 6.45) is 28.7. The van der Waals surface area contributed by atoms with Crippen molar-refractivity contribution in [3.63, 3.8) is 0 Å². The van der Waals surface area contributed by atoms with Crippen molar-refractivity contribution in [3.05, 3.63) is 416 Å². The number of ether oxygens (including phenoxy) is 3. The van der Waals surface area contributed by atoms with E-state index < -0.39 is 0 Å². The Morgan fingerprint density at radius 1 is 0.306 bits per heavy atom. The molecular formula is C111H118BrF3N6O3. The molecule has 0 N–H and O–H groups in total. The van der Waals surface area contributed by atoms with E-state index in [1.165, 1.54) is 158 Å². The first-order valence-corrected chi connectivity index (χ1v) is 45.8. The minimum absolute atomic E-state index is 0.160. The molecule has 6 aliphatic rings. The Balaban J connectivity index is 0.000000137. The quantitative estimate of drug-likeness (QED) is 0.0494. The molecule has 9 nitrogen and oxygen atoms in total. The largest absolute Gasteiger partial charge is 0.489 e. The van der Waals surface area contributed by atoms with Gasteiger partial charge in [-0.1, -0.05) is 235 Å². The van der Waals surface area contributed by atoms with Crippen LogP contribution in [0.4, 0.5) is 30.2 Å². The van der Waals surface area contributed by atoms with Gasteiger partial charge in [0.25, 0.3) is 0 Å². The third-order valence-electron chi connectivity index (χ3n) is 24.9. The monoisotopic (exact) mass is 1720 g/mol. The fourth-order valence-corrected chi connectivity index (χ4v) is 18.4. The second kappa shape index (κ2) is 45.4. The van der Waals surface area contributed by atoms with Crippen molar-refractivity contribution in [2.45, 2.75) is 134 Å². The first-order valence-electron chi connectivity index (χ1n) is 45.0. The van der Waals surface area contributed by atoms with Crippen molar-refractivity contribution in [2.75, 3.05) is 93.2 Å². The molecule has 3 fully saturated rings. The molecule has 0 amide bonds. The molecule has 18 rings (SSSR count). The lowest BCUT2D eigenvalue weighted by Crippen LogP contribution is -2.36. The van der Waals surface area contributed by atoms with Gasteiger partial charge in [0, 0.05) is 60.8 Å². The maximum absolute atomic E-state index is 13.8. The van der Waals surface area contributed by atoms with E-state index >= 15 is 0 Å². The van der Waals surface area contributed by atoms with Crippen LogP contribution in [-0.4, -0.2) is 93.2 Å². The van der Waals surface area contributed by atoms with E-state index in [1.807, 2.05) is 97.1 Å². The van der Waals surface area contributed by atoms with Crippen molar-refractivity contribution >= 4 is 45.1 Å². The van der Waals surface area contributed by atoms with Crippen LogP contribution in [0.1, 0.15) is 154 Å². The summed E-state index contributed by atoms with van der Waals surface area (Å²) in [5, 5.41) is 0. The van der Waals surface area contributed by atoms with E-state index in [0.717, 1.165) is 133 Å². The van der Waals surface area contributed by atoms with Crippen molar-refractivity contribution < 1.29 is 27.4 Å². The highest BCUT2D eigenvalue weighted by Crippen LogP contribution is 2.42. The molecule has 3 saturated heterocycles. The zero-order chi connectivity index (χ0) is 84.9. The zero-order valence-corrected chi connectivity index (χ0v) is 73.3. The van der Waals surface area contributed by atoms with Crippen LogP contribution >= 0.6 is 15.9 Å². The Morgan fingerprint density at radius 2 is 0.597 bits per heavy atom. The summed E-state index contributed by atoms with van der Waals surface area (Å²) in [5.74, 6) is 2.10. The summed E-state index contributed by atoms with van der Waals surface area (Å²) in [6.45, 7) is 18.6. The third-order valence-corrected chi connectivity index (χ3v) is 25.4. The van der Waals surface area contributed by atoms with E-state index in [-0.39, 0.29) is 35.6 Å². The number of hydrogen-bond donors (Lipinski definition) is 0. The maximum atomic E-state index is 13.8. The first-order chi connectivity index (χ1) is 61.0. The van der Waals surface area contributed by atoms with Gasteiger partial charge in [0.05, 0.1) is 18.1 Å². The second-order valence-electron chi connectivity index (χ2n) is 33.6. The normalized spacial score (nSPS) is 17.2. The molecule has 0 bridgehead atoms. The van der Waals surface area contributed by atoms with Gasteiger partial charge in [-0.2, -0.15) is 0 Å². The molecule has 638 valence electrons. The predicted octanol–water partition coefficient (Wildman–Crippen LogP) is 25.7. The van der Waals surface area contributed by atoms with Crippen molar-refractivity contribution in [3.8, 4) is 17.2 Å². The summed E-state index contributed by atoms with van der Waals surface area (Å²) in [7, 11) is 0.